The second kappa shape index (κ2) is 20.6. The third kappa shape index (κ3) is 10.7. The number of carbonyl (C=O) groups is 2. The van der Waals surface area contributed by atoms with Crippen LogP contribution in [0.15, 0.2) is 53.6 Å². The van der Waals surface area contributed by atoms with Crippen LogP contribution in [0.2, 0.25) is 0 Å². The number of quaternary nitrogens is 2. The first kappa shape index (κ1) is 44.7. The first-order valence-corrected chi connectivity index (χ1v) is 20.8. The highest BCUT2D eigenvalue weighted by molar-refractivity contribution is 6.42. The fourth-order valence-electron chi connectivity index (χ4n) is 8.61. The van der Waals surface area contributed by atoms with E-state index >= 15 is 0 Å². The molecule has 6 rings (SSSR count). The molecule has 326 valence electrons. The molecular weight excluding hydrogens is 796 g/mol. The Balaban J connectivity index is 1.03. The lowest BCUT2D eigenvalue weighted by Crippen LogP contribution is -2.55. The molecule has 0 amide bonds. The highest BCUT2D eigenvalue weighted by Gasteiger charge is 2.40. The number of fused-ring (bicyclic) bond motifs is 2. The zero-order chi connectivity index (χ0) is 42.7. The SMILES string of the molecule is COc1cc2c(cc1OC)[C@@H](Cc1cc(OC)c(OC)c(OC)c1)[N@+](C)(CCCOC(=O)/C(Cl)=C/C(=O)OCCC[N+]1(Cc3ccc4c(c3)OCCO4)CCOCC1)CC2. The van der Waals surface area contributed by atoms with E-state index in [1.807, 2.05) is 18.2 Å². The highest BCUT2D eigenvalue weighted by Crippen LogP contribution is 2.45. The first-order valence-electron chi connectivity index (χ1n) is 20.4. The molecule has 15 heteroatoms. The predicted octanol–water partition coefficient (Wildman–Crippen LogP) is 5.82. The molecule has 3 aromatic carbocycles. The Hall–Kier alpha value is -4.89. The monoisotopic (exact) mass is 854 g/mol. The number of hydrogen-bond donors (Lipinski definition) is 0. The summed E-state index contributed by atoms with van der Waals surface area (Å²) in [7, 11) is 10.3. The van der Waals surface area contributed by atoms with Gasteiger partial charge in [0, 0.05) is 42.9 Å². The first-order chi connectivity index (χ1) is 29.0. The highest BCUT2D eigenvalue weighted by atomic mass is 35.5. The molecule has 1 saturated heterocycles. The normalized spacial score (nSPS) is 19.4. The minimum Gasteiger partial charge on any atom is -0.493 e. The minimum atomic E-state index is -0.775. The summed E-state index contributed by atoms with van der Waals surface area (Å²) in [5, 5.41) is -0.330. The summed E-state index contributed by atoms with van der Waals surface area (Å²) in [5.41, 5.74) is 4.50. The number of rotatable bonds is 19. The van der Waals surface area contributed by atoms with Crippen molar-refractivity contribution < 1.29 is 65.9 Å². The molecule has 3 heterocycles. The van der Waals surface area contributed by atoms with Gasteiger partial charge in [-0.3, -0.25) is 0 Å². The second-order valence-electron chi connectivity index (χ2n) is 15.6. The van der Waals surface area contributed by atoms with E-state index in [4.69, 9.17) is 59.0 Å². The summed E-state index contributed by atoms with van der Waals surface area (Å²) in [4.78, 5) is 25.6. The third-order valence-electron chi connectivity index (χ3n) is 11.9. The van der Waals surface area contributed by atoms with Crippen LogP contribution in [0.1, 0.15) is 41.1 Å². The lowest BCUT2D eigenvalue weighted by Gasteiger charge is -2.46. The van der Waals surface area contributed by atoms with E-state index in [1.54, 1.807) is 35.5 Å². The molecule has 3 aliphatic rings. The van der Waals surface area contributed by atoms with E-state index in [1.165, 1.54) is 5.56 Å². The van der Waals surface area contributed by atoms with Crippen molar-refractivity contribution in [3.63, 3.8) is 0 Å². The zero-order valence-electron chi connectivity index (χ0n) is 35.7. The van der Waals surface area contributed by atoms with Crippen LogP contribution < -0.4 is 33.2 Å². The van der Waals surface area contributed by atoms with Crippen LogP contribution in [0.25, 0.3) is 0 Å². The maximum Gasteiger partial charge on any atom is 0.350 e. The predicted molar refractivity (Wildman–Crippen MR) is 224 cm³/mol. The molecule has 0 spiro atoms. The van der Waals surface area contributed by atoms with Crippen LogP contribution in [0.3, 0.4) is 0 Å². The average molecular weight is 855 g/mol. The number of methoxy groups -OCH3 is 5. The van der Waals surface area contributed by atoms with E-state index in [0.717, 1.165) is 77.9 Å². The molecule has 0 aliphatic carbocycles. The summed E-state index contributed by atoms with van der Waals surface area (Å²) in [6.45, 7) is 7.54. The molecule has 60 heavy (non-hydrogen) atoms. The smallest absolute Gasteiger partial charge is 0.350 e. The van der Waals surface area contributed by atoms with Crippen molar-refractivity contribution in [1.82, 2.24) is 0 Å². The largest absolute Gasteiger partial charge is 0.493 e. The molecule has 0 bridgehead atoms. The minimum absolute atomic E-state index is 0.00116. The van der Waals surface area contributed by atoms with Gasteiger partial charge in [0.2, 0.25) is 5.75 Å². The molecule has 0 saturated carbocycles. The van der Waals surface area contributed by atoms with Gasteiger partial charge >= 0.3 is 11.9 Å². The van der Waals surface area contributed by atoms with Crippen LogP contribution in [-0.2, 0) is 43.2 Å². The fraction of sp³-hybridized carbons (Fsp3) is 0.511. The van der Waals surface area contributed by atoms with E-state index < -0.39 is 11.9 Å². The Morgan fingerprint density at radius 1 is 0.733 bits per heavy atom. The Morgan fingerprint density at radius 3 is 2.07 bits per heavy atom. The number of carbonyl (C=O) groups excluding carboxylic acids is 2. The summed E-state index contributed by atoms with van der Waals surface area (Å²) in [5.74, 6) is 3.10. The Kier molecular flexibility index (Phi) is 15.3. The topological polar surface area (TPSA) is 126 Å². The Morgan fingerprint density at radius 2 is 1.38 bits per heavy atom. The number of halogens is 1. The summed E-state index contributed by atoms with van der Waals surface area (Å²) in [6, 6.07) is 14.2. The molecule has 0 unspecified atom stereocenters. The Labute approximate surface area is 357 Å². The second-order valence-corrected chi connectivity index (χ2v) is 16.0. The molecule has 1 fully saturated rings. The number of esters is 2. The maximum atomic E-state index is 12.9. The molecule has 3 aliphatic heterocycles. The average Bonchev–Trinajstić information content (AvgIpc) is 3.27. The van der Waals surface area contributed by atoms with Crippen molar-refractivity contribution in [2.24, 2.45) is 0 Å². The maximum absolute atomic E-state index is 12.9. The molecule has 3 aromatic rings. The van der Waals surface area contributed by atoms with E-state index in [2.05, 4.69) is 31.3 Å². The van der Waals surface area contributed by atoms with Crippen LogP contribution in [0.4, 0.5) is 0 Å². The zero-order valence-corrected chi connectivity index (χ0v) is 36.4. The standard InChI is InChI=1S/C45H59ClN2O12/c1-47(14-11-33-27-38(51-2)39(52-3)28-34(33)36(47)23-32-25-41(53-4)44(55-6)42(26-32)54-5)12-7-18-60-45(50)35(46)29-43(49)59-17-8-13-48(15-19-56-20-16-48)30-31-9-10-37-40(24-31)58-22-21-57-37/h9-10,24-29,36H,7-8,11-23,30H2,1-6H3/q+2/b35-29-/t36-,47-/m1/s1. The number of morpholine rings is 1. The van der Waals surface area contributed by atoms with Gasteiger partial charge in [0.15, 0.2) is 34.5 Å². The van der Waals surface area contributed by atoms with Gasteiger partial charge in [0.25, 0.3) is 0 Å². The molecule has 2 atom stereocenters. The molecule has 14 nitrogen and oxygen atoms in total. The van der Waals surface area contributed by atoms with Crippen molar-refractivity contribution in [2.45, 2.75) is 38.3 Å². The van der Waals surface area contributed by atoms with Crippen LogP contribution in [-0.4, -0.2) is 136 Å². The van der Waals surface area contributed by atoms with Crippen LogP contribution in [0.5, 0.6) is 40.2 Å². The molecular formula is C45H59ClN2O12+2. The van der Waals surface area contributed by atoms with Crippen LogP contribution in [0, 0.1) is 0 Å². The van der Waals surface area contributed by atoms with Gasteiger partial charge in [0.05, 0.1) is 88.7 Å². The number of benzene rings is 3. The van der Waals surface area contributed by atoms with E-state index in [9.17, 15) is 9.59 Å². The van der Waals surface area contributed by atoms with E-state index in [0.29, 0.717) is 85.5 Å². The van der Waals surface area contributed by atoms with Gasteiger partial charge in [0.1, 0.15) is 43.9 Å². The number of hydrogen-bond acceptors (Lipinski definition) is 12. The number of nitrogens with zero attached hydrogens (tertiary/aromatic N) is 2. The molecule has 0 radical (unpaired) electrons. The van der Waals surface area contributed by atoms with Gasteiger partial charge in [-0.15, -0.1) is 0 Å². The van der Waals surface area contributed by atoms with Gasteiger partial charge in [-0.05, 0) is 53.6 Å². The quantitative estimate of drug-likeness (QED) is 0.0624. The third-order valence-corrected chi connectivity index (χ3v) is 12.1. The van der Waals surface area contributed by atoms with Crippen molar-refractivity contribution in [3.05, 3.63) is 75.8 Å². The number of ether oxygens (including phenoxy) is 10. The van der Waals surface area contributed by atoms with Gasteiger partial charge in [-0.25, -0.2) is 9.59 Å². The fourth-order valence-corrected chi connectivity index (χ4v) is 8.75. The number of likely N-dealkylation sites (N-methyl/N-ethyl adjacent to an activating group) is 1. The van der Waals surface area contributed by atoms with E-state index in [-0.39, 0.29) is 24.3 Å². The van der Waals surface area contributed by atoms with Crippen molar-refractivity contribution in [2.75, 3.05) is 115 Å². The lowest BCUT2D eigenvalue weighted by molar-refractivity contribution is -0.947. The summed E-state index contributed by atoms with van der Waals surface area (Å²) in [6.07, 6.45) is 3.66. The summed E-state index contributed by atoms with van der Waals surface area (Å²) < 4.78 is 58.0. The summed E-state index contributed by atoms with van der Waals surface area (Å²) >= 11 is 6.27. The van der Waals surface area contributed by atoms with Crippen LogP contribution >= 0.6 is 11.6 Å². The molecule has 0 N–H and O–H groups in total. The van der Waals surface area contributed by atoms with Crippen molar-refractivity contribution in [1.29, 1.82) is 0 Å². The van der Waals surface area contributed by atoms with Gasteiger partial charge in [-0.1, -0.05) is 11.6 Å². The van der Waals surface area contributed by atoms with Gasteiger partial charge < -0.3 is 56.3 Å². The Bertz CT molecular complexity index is 1980. The van der Waals surface area contributed by atoms with Crippen molar-refractivity contribution >= 4 is 23.5 Å². The lowest BCUT2D eigenvalue weighted by atomic mass is 9.86. The molecule has 0 aromatic heterocycles. The van der Waals surface area contributed by atoms with Crippen molar-refractivity contribution in [3.8, 4) is 40.2 Å². The van der Waals surface area contributed by atoms with Gasteiger partial charge in [-0.2, -0.15) is 0 Å².